The molecule has 0 heterocycles. The van der Waals surface area contributed by atoms with Gasteiger partial charge in [0.05, 0.1) is 12.1 Å². The lowest BCUT2D eigenvalue weighted by atomic mass is 10.1. The van der Waals surface area contributed by atoms with Gasteiger partial charge in [0.1, 0.15) is 0 Å². The van der Waals surface area contributed by atoms with Gasteiger partial charge in [-0.05, 0) is 45.6 Å². The zero-order chi connectivity index (χ0) is 12.6. The molecule has 0 N–H and O–H groups in total. The van der Waals surface area contributed by atoms with Crippen LogP contribution in [0.25, 0.3) is 0 Å². The average Bonchev–Trinajstić information content (AvgIpc) is 2.28. The van der Waals surface area contributed by atoms with Crippen molar-refractivity contribution in [2.75, 3.05) is 6.54 Å². The van der Waals surface area contributed by atoms with E-state index in [0.717, 1.165) is 13.0 Å². The Labute approximate surface area is 105 Å². The van der Waals surface area contributed by atoms with E-state index >= 15 is 0 Å². The molecular weight excluding hydrogens is 208 g/mol. The van der Waals surface area contributed by atoms with E-state index in [1.807, 2.05) is 0 Å². The van der Waals surface area contributed by atoms with Crippen molar-refractivity contribution in [3.8, 4) is 0 Å². The Hall–Kier alpha value is -1.18. The summed E-state index contributed by atoms with van der Waals surface area (Å²) < 4.78 is 0. The molecule has 0 atom stereocenters. The highest BCUT2D eigenvalue weighted by atomic mass is 15.1. The Morgan fingerprint density at radius 2 is 1.65 bits per heavy atom. The van der Waals surface area contributed by atoms with Gasteiger partial charge in [0, 0.05) is 0 Å². The number of hydrogen-bond donors (Lipinski definition) is 0. The van der Waals surface area contributed by atoms with Gasteiger partial charge in [-0.2, -0.15) is 10.2 Å². The predicted molar refractivity (Wildman–Crippen MR) is 73.5 cm³/mol. The lowest BCUT2D eigenvalue weighted by molar-refractivity contribution is 0.531. The molecule has 17 heavy (non-hydrogen) atoms. The van der Waals surface area contributed by atoms with Gasteiger partial charge < -0.3 is 0 Å². The second-order valence-electron chi connectivity index (χ2n) is 5.43. The third kappa shape index (κ3) is 7.67. The molecule has 1 aromatic carbocycles. The molecule has 2 nitrogen and oxygen atoms in total. The standard InChI is InChI=1S/C15H24N2/c1-15(2,3)17-16-13-9-5-8-12-14-10-6-4-7-11-14/h4,6-7,10-11H,5,8-9,12-13H2,1-3H3. The molecule has 1 rings (SSSR count). The highest BCUT2D eigenvalue weighted by Crippen LogP contribution is 2.08. The smallest absolute Gasteiger partial charge is 0.0732 e. The van der Waals surface area contributed by atoms with Gasteiger partial charge >= 0.3 is 0 Å². The van der Waals surface area contributed by atoms with Crippen LogP contribution in [0.4, 0.5) is 0 Å². The first-order chi connectivity index (χ1) is 8.08. The van der Waals surface area contributed by atoms with E-state index in [1.165, 1.54) is 24.8 Å². The predicted octanol–water partition coefficient (Wildman–Crippen LogP) is 4.65. The molecule has 0 aromatic heterocycles. The van der Waals surface area contributed by atoms with Crippen molar-refractivity contribution >= 4 is 0 Å². The van der Waals surface area contributed by atoms with Gasteiger partial charge in [-0.1, -0.05) is 36.8 Å². The van der Waals surface area contributed by atoms with Crippen LogP contribution in [-0.4, -0.2) is 12.1 Å². The largest absolute Gasteiger partial charge is 0.194 e. The van der Waals surface area contributed by atoms with Gasteiger partial charge in [-0.25, -0.2) is 0 Å². The zero-order valence-electron chi connectivity index (χ0n) is 11.3. The summed E-state index contributed by atoms with van der Waals surface area (Å²) >= 11 is 0. The van der Waals surface area contributed by atoms with Crippen molar-refractivity contribution in [1.29, 1.82) is 0 Å². The van der Waals surface area contributed by atoms with Crippen LogP contribution in [0.2, 0.25) is 0 Å². The van der Waals surface area contributed by atoms with Crippen molar-refractivity contribution in [3.05, 3.63) is 35.9 Å². The summed E-state index contributed by atoms with van der Waals surface area (Å²) in [7, 11) is 0. The van der Waals surface area contributed by atoms with Crippen LogP contribution < -0.4 is 0 Å². The fourth-order valence-corrected chi connectivity index (χ4v) is 1.60. The molecule has 0 amide bonds. The molecule has 2 heteroatoms. The number of nitrogens with zero attached hydrogens (tertiary/aromatic N) is 2. The molecule has 0 fully saturated rings. The molecule has 0 radical (unpaired) electrons. The molecule has 0 aliphatic rings. The number of hydrogen-bond acceptors (Lipinski definition) is 2. The van der Waals surface area contributed by atoms with E-state index in [0.29, 0.717) is 0 Å². The highest BCUT2D eigenvalue weighted by molar-refractivity contribution is 5.14. The minimum absolute atomic E-state index is 0.0238. The zero-order valence-corrected chi connectivity index (χ0v) is 11.3. The first-order valence-electron chi connectivity index (χ1n) is 6.50. The maximum absolute atomic E-state index is 4.24. The van der Waals surface area contributed by atoms with Gasteiger partial charge in [0.15, 0.2) is 0 Å². The second kappa shape index (κ2) is 7.21. The number of azo groups is 1. The van der Waals surface area contributed by atoms with Crippen molar-refractivity contribution in [3.63, 3.8) is 0 Å². The van der Waals surface area contributed by atoms with Crippen molar-refractivity contribution < 1.29 is 0 Å². The van der Waals surface area contributed by atoms with Crippen LogP contribution in [0.15, 0.2) is 40.6 Å². The molecular formula is C15H24N2. The highest BCUT2D eigenvalue weighted by Gasteiger charge is 2.05. The van der Waals surface area contributed by atoms with Crippen molar-refractivity contribution in [2.24, 2.45) is 10.2 Å². The van der Waals surface area contributed by atoms with E-state index in [-0.39, 0.29) is 5.54 Å². The minimum atomic E-state index is -0.0238. The van der Waals surface area contributed by atoms with Crippen LogP contribution in [-0.2, 0) is 6.42 Å². The summed E-state index contributed by atoms with van der Waals surface area (Å²) in [5.41, 5.74) is 1.41. The number of unbranched alkanes of at least 4 members (excludes halogenated alkanes) is 2. The Balaban J connectivity index is 2.04. The molecule has 0 spiro atoms. The average molecular weight is 232 g/mol. The first kappa shape index (κ1) is 13.9. The third-order valence-electron chi connectivity index (χ3n) is 2.44. The molecule has 0 bridgehead atoms. The minimum Gasteiger partial charge on any atom is -0.194 e. The monoisotopic (exact) mass is 232 g/mol. The van der Waals surface area contributed by atoms with Crippen LogP contribution in [0, 0.1) is 0 Å². The first-order valence-corrected chi connectivity index (χ1v) is 6.50. The maximum Gasteiger partial charge on any atom is 0.0732 e. The summed E-state index contributed by atoms with van der Waals surface area (Å²) in [5.74, 6) is 0. The SMILES string of the molecule is CC(C)(C)N=NCCCCCc1ccccc1. The molecule has 0 aliphatic heterocycles. The summed E-state index contributed by atoms with van der Waals surface area (Å²) in [6.07, 6.45) is 4.80. The maximum atomic E-state index is 4.24. The Morgan fingerprint density at radius 3 is 2.29 bits per heavy atom. The molecule has 0 unspecified atom stereocenters. The second-order valence-corrected chi connectivity index (χ2v) is 5.43. The number of benzene rings is 1. The molecule has 94 valence electrons. The third-order valence-corrected chi connectivity index (χ3v) is 2.44. The lowest BCUT2D eigenvalue weighted by Gasteiger charge is -2.08. The fraction of sp³-hybridized carbons (Fsp3) is 0.600. The summed E-state index contributed by atoms with van der Waals surface area (Å²) in [6, 6.07) is 10.7. The Bertz CT molecular complexity index is 323. The Kier molecular flexibility index (Phi) is 5.88. The Morgan fingerprint density at radius 1 is 0.941 bits per heavy atom. The number of aryl methyl sites for hydroxylation is 1. The van der Waals surface area contributed by atoms with E-state index in [1.54, 1.807) is 0 Å². The lowest BCUT2D eigenvalue weighted by Crippen LogP contribution is -2.08. The van der Waals surface area contributed by atoms with Crippen molar-refractivity contribution in [1.82, 2.24) is 0 Å². The van der Waals surface area contributed by atoms with E-state index in [2.05, 4.69) is 61.3 Å². The van der Waals surface area contributed by atoms with Crippen LogP contribution in [0.1, 0.15) is 45.6 Å². The molecule has 0 saturated carbocycles. The van der Waals surface area contributed by atoms with Gasteiger partial charge in [-0.3, -0.25) is 0 Å². The van der Waals surface area contributed by atoms with Crippen LogP contribution in [0.5, 0.6) is 0 Å². The van der Waals surface area contributed by atoms with Crippen molar-refractivity contribution in [2.45, 2.75) is 52.0 Å². The van der Waals surface area contributed by atoms with Gasteiger partial charge in [0.25, 0.3) is 0 Å². The molecule has 0 saturated heterocycles. The van der Waals surface area contributed by atoms with E-state index in [9.17, 15) is 0 Å². The quantitative estimate of drug-likeness (QED) is 0.504. The summed E-state index contributed by atoms with van der Waals surface area (Å²) in [4.78, 5) is 0. The van der Waals surface area contributed by atoms with Gasteiger partial charge in [0.2, 0.25) is 0 Å². The van der Waals surface area contributed by atoms with E-state index < -0.39 is 0 Å². The normalized spacial score (nSPS) is 12.2. The molecule has 1 aromatic rings. The van der Waals surface area contributed by atoms with Crippen LogP contribution >= 0.6 is 0 Å². The van der Waals surface area contributed by atoms with Crippen LogP contribution in [0.3, 0.4) is 0 Å². The fourth-order valence-electron chi connectivity index (χ4n) is 1.60. The topological polar surface area (TPSA) is 24.7 Å². The number of rotatable bonds is 6. The summed E-state index contributed by atoms with van der Waals surface area (Å²) in [6.45, 7) is 7.09. The molecule has 0 aliphatic carbocycles. The van der Waals surface area contributed by atoms with E-state index in [4.69, 9.17) is 0 Å². The van der Waals surface area contributed by atoms with Gasteiger partial charge in [-0.15, -0.1) is 0 Å². The summed E-state index contributed by atoms with van der Waals surface area (Å²) in [5, 5.41) is 8.45.